The molecule has 0 fully saturated rings. The van der Waals surface area contributed by atoms with Crippen molar-refractivity contribution < 1.29 is 23.5 Å². The lowest BCUT2D eigenvalue weighted by molar-refractivity contribution is -0.146. The number of aliphatic carboxylic acids is 1. The average Bonchev–Trinajstić information content (AvgIpc) is 2.30. The Labute approximate surface area is 109 Å². The number of aryl methyl sites for hydroxylation is 1. The van der Waals surface area contributed by atoms with Crippen molar-refractivity contribution >= 4 is 11.9 Å². The molecule has 0 aliphatic rings. The van der Waals surface area contributed by atoms with E-state index >= 15 is 0 Å². The van der Waals surface area contributed by atoms with Gasteiger partial charge in [0, 0.05) is 6.42 Å². The van der Waals surface area contributed by atoms with Crippen LogP contribution in [-0.4, -0.2) is 22.5 Å². The number of carboxylic acid groups (broad SMARTS) is 1. The second kappa shape index (κ2) is 5.77. The predicted molar refractivity (Wildman–Crippen MR) is 64.5 cm³/mol. The molecular weight excluding hydrogens is 256 g/mol. The summed E-state index contributed by atoms with van der Waals surface area (Å²) >= 11 is 0. The highest BCUT2D eigenvalue weighted by Crippen LogP contribution is 2.11. The second-order valence-electron chi connectivity index (χ2n) is 4.73. The Morgan fingerprint density at radius 3 is 2.42 bits per heavy atom. The quantitative estimate of drug-likeness (QED) is 0.859. The van der Waals surface area contributed by atoms with Crippen LogP contribution < -0.4 is 5.32 Å². The van der Waals surface area contributed by atoms with Crippen LogP contribution in [0.5, 0.6) is 0 Å². The van der Waals surface area contributed by atoms with Crippen LogP contribution in [0.1, 0.15) is 25.8 Å². The molecule has 0 atom stereocenters. The zero-order chi connectivity index (χ0) is 14.6. The van der Waals surface area contributed by atoms with Gasteiger partial charge >= 0.3 is 5.97 Å². The van der Waals surface area contributed by atoms with Gasteiger partial charge in [0.05, 0.1) is 0 Å². The lowest BCUT2D eigenvalue weighted by atomic mass is 10.0. The Bertz CT molecular complexity index is 501. The van der Waals surface area contributed by atoms with Crippen LogP contribution in [0.15, 0.2) is 18.2 Å². The molecule has 1 amide bonds. The molecule has 0 aromatic heterocycles. The van der Waals surface area contributed by atoms with Crippen molar-refractivity contribution in [3.8, 4) is 0 Å². The molecule has 104 valence electrons. The topological polar surface area (TPSA) is 66.4 Å². The smallest absolute Gasteiger partial charge is 0.328 e. The molecule has 1 rings (SSSR count). The molecule has 0 radical (unpaired) electrons. The molecule has 4 nitrogen and oxygen atoms in total. The maximum absolute atomic E-state index is 12.9. The highest BCUT2D eigenvalue weighted by Gasteiger charge is 2.28. The summed E-state index contributed by atoms with van der Waals surface area (Å²) in [5, 5.41) is 11.2. The van der Waals surface area contributed by atoms with E-state index in [-0.39, 0.29) is 12.8 Å². The van der Waals surface area contributed by atoms with E-state index in [1.807, 2.05) is 0 Å². The third kappa shape index (κ3) is 4.31. The molecule has 0 bridgehead atoms. The van der Waals surface area contributed by atoms with Crippen LogP contribution in [0.2, 0.25) is 0 Å². The monoisotopic (exact) mass is 271 g/mol. The van der Waals surface area contributed by atoms with Crippen LogP contribution in [-0.2, 0) is 16.0 Å². The predicted octanol–water partition coefficient (Wildman–Crippen LogP) is 1.88. The van der Waals surface area contributed by atoms with Gasteiger partial charge in [-0.1, -0.05) is 6.07 Å². The van der Waals surface area contributed by atoms with Crippen molar-refractivity contribution in [1.29, 1.82) is 0 Å². The van der Waals surface area contributed by atoms with Crippen LogP contribution in [0.4, 0.5) is 8.78 Å². The molecule has 0 aliphatic carbocycles. The minimum atomic E-state index is -1.36. The number of carbonyl (C=O) groups is 2. The summed E-state index contributed by atoms with van der Waals surface area (Å²) < 4.78 is 25.6. The first kappa shape index (κ1) is 15.1. The Hall–Kier alpha value is -1.98. The van der Waals surface area contributed by atoms with E-state index in [0.29, 0.717) is 5.56 Å². The van der Waals surface area contributed by atoms with Gasteiger partial charge in [-0.25, -0.2) is 13.6 Å². The maximum Gasteiger partial charge on any atom is 0.328 e. The summed E-state index contributed by atoms with van der Waals surface area (Å²) in [4.78, 5) is 22.4. The summed E-state index contributed by atoms with van der Waals surface area (Å²) in [6, 6.07) is 3.39. The van der Waals surface area contributed by atoms with Crippen molar-refractivity contribution in [2.75, 3.05) is 0 Å². The van der Waals surface area contributed by atoms with Crippen molar-refractivity contribution in [2.24, 2.45) is 0 Å². The van der Waals surface area contributed by atoms with E-state index in [4.69, 9.17) is 5.11 Å². The van der Waals surface area contributed by atoms with Gasteiger partial charge in [0.1, 0.15) is 5.54 Å². The van der Waals surface area contributed by atoms with Crippen molar-refractivity contribution in [3.63, 3.8) is 0 Å². The number of carboxylic acids is 1. The third-order valence-electron chi connectivity index (χ3n) is 2.61. The lowest BCUT2D eigenvalue weighted by Crippen LogP contribution is -2.49. The summed E-state index contributed by atoms with van der Waals surface area (Å²) in [6.07, 6.45) is 0.209. The summed E-state index contributed by atoms with van der Waals surface area (Å²) in [6.45, 7) is 2.73. The second-order valence-corrected chi connectivity index (χ2v) is 4.73. The number of amides is 1. The Kier molecular flexibility index (Phi) is 4.58. The largest absolute Gasteiger partial charge is 0.480 e. The van der Waals surface area contributed by atoms with E-state index in [1.165, 1.54) is 19.9 Å². The summed E-state index contributed by atoms with van der Waals surface area (Å²) in [5.74, 6) is -3.52. The Morgan fingerprint density at radius 2 is 1.89 bits per heavy atom. The van der Waals surface area contributed by atoms with E-state index in [0.717, 1.165) is 12.1 Å². The van der Waals surface area contributed by atoms with Crippen molar-refractivity contribution in [1.82, 2.24) is 5.32 Å². The number of carbonyl (C=O) groups excluding carboxylic acids is 1. The number of rotatable bonds is 5. The van der Waals surface area contributed by atoms with Crippen molar-refractivity contribution in [3.05, 3.63) is 35.4 Å². The first-order valence-electron chi connectivity index (χ1n) is 5.70. The molecule has 0 saturated carbocycles. The first-order chi connectivity index (χ1) is 8.72. The van der Waals surface area contributed by atoms with Gasteiger partial charge in [-0.05, 0) is 38.0 Å². The first-order valence-corrected chi connectivity index (χ1v) is 5.70. The van der Waals surface area contributed by atoms with E-state index < -0.39 is 29.0 Å². The van der Waals surface area contributed by atoms with Gasteiger partial charge in [0.15, 0.2) is 11.6 Å². The number of nitrogens with one attached hydrogen (secondary N) is 1. The molecule has 19 heavy (non-hydrogen) atoms. The maximum atomic E-state index is 12.9. The van der Waals surface area contributed by atoms with Crippen LogP contribution in [0.25, 0.3) is 0 Å². The van der Waals surface area contributed by atoms with E-state index in [9.17, 15) is 18.4 Å². The van der Waals surface area contributed by atoms with Gasteiger partial charge in [-0.2, -0.15) is 0 Å². The zero-order valence-corrected chi connectivity index (χ0v) is 10.7. The molecule has 0 heterocycles. The fourth-order valence-corrected chi connectivity index (χ4v) is 1.42. The molecule has 2 N–H and O–H groups in total. The molecule has 0 aliphatic heterocycles. The molecule has 1 aromatic carbocycles. The normalized spacial score (nSPS) is 11.2. The standard InChI is InChI=1S/C13H15F2NO3/c1-13(2,12(18)19)16-11(17)6-4-8-3-5-9(14)10(15)7-8/h3,5,7H,4,6H2,1-2H3,(H,16,17)(H,18,19). The van der Waals surface area contributed by atoms with Crippen LogP contribution >= 0.6 is 0 Å². The van der Waals surface area contributed by atoms with Crippen molar-refractivity contribution in [2.45, 2.75) is 32.2 Å². The highest BCUT2D eigenvalue weighted by atomic mass is 19.2. The molecule has 0 unspecified atom stereocenters. The van der Waals surface area contributed by atoms with Gasteiger partial charge in [0.2, 0.25) is 5.91 Å². The SMILES string of the molecule is CC(C)(NC(=O)CCc1ccc(F)c(F)c1)C(=O)O. The van der Waals surface area contributed by atoms with E-state index in [1.54, 1.807) is 0 Å². The zero-order valence-electron chi connectivity index (χ0n) is 10.7. The number of benzene rings is 1. The van der Waals surface area contributed by atoms with Crippen LogP contribution in [0.3, 0.4) is 0 Å². The minimum Gasteiger partial charge on any atom is -0.480 e. The average molecular weight is 271 g/mol. The highest BCUT2D eigenvalue weighted by molar-refractivity contribution is 5.86. The fraction of sp³-hybridized carbons (Fsp3) is 0.385. The molecule has 0 spiro atoms. The molecule has 6 heteroatoms. The Balaban J connectivity index is 2.55. The fourth-order valence-electron chi connectivity index (χ4n) is 1.42. The Morgan fingerprint density at radius 1 is 1.26 bits per heavy atom. The van der Waals surface area contributed by atoms with Gasteiger partial charge in [-0.15, -0.1) is 0 Å². The summed E-state index contributed by atoms with van der Waals surface area (Å²) in [7, 11) is 0. The van der Waals surface area contributed by atoms with E-state index in [2.05, 4.69) is 5.32 Å². The number of halogens is 2. The van der Waals surface area contributed by atoms with Gasteiger partial charge in [-0.3, -0.25) is 4.79 Å². The molecule has 0 saturated heterocycles. The van der Waals surface area contributed by atoms with Crippen LogP contribution in [0, 0.1) is 11.6 Å². The summed E-state index contributed by atoms with van der Waals surface area (Å²) in [5.41, 5.74) is -0.882. The van der Waals surface area contributed by atoms with Gasteiger partial charge < -0.3 is 10.4 Å². The molecular formula is C13H15F2NO3. The lowest BCUT2D eigenvalue weighted by Gasteiger charge is -2.20. The number of hydrogen-bond donors (Lipinski definition) is 2. The number of hydrogen-bond acceptors (Lipinski definition) is 2. The third-order valence-corrected chi connectivity index (χ3v) is 2.61. The molecule has 1 aromatic rings. The van der Waals surface area contributed by atoms with Gasteiger partial charge in [0.25, 0.3) is 0 Å². The minimum absolute atomic E-state index is 0.00177.